The lowest BCUT2D eigenvalue weighted by Gasteiger charge is -2.24. The monoisotopic (exact) mass is 312 g/mol. The fourth-order valence-corrected chi connectivity index (χ4v) is 3.30. The lowest BCUT2D eigenvalue weighted by atomic mass is 9.82. The molecular formula is C14H17I. The molecule has 0 aliphatic heterocycles. The first-order valence-corrected chi connectivity index (χ1v) is 7.02. The molecule has 0 bridgehead atoms. The largest absolute Gasteiger partial charge is 0.0622 e. The Kier molecular flexibility index (Phi) is 4.24. The summed E-state index contributed by atoms with van der Waals surface area (Å²) in [5.41, 5.74) is 2.97. The molecule has 0 saturated heterocycles. The third-order valence-corrected chi connectivity index (χ3v) is 3.94. The average Bonchev–Trinajstić information content (AvgIpc) is 2.33. The molecule has 0 amide bonds. The lowest BCUT2D eigenvalue weighted by molar-refractivity contribution is 0.430. The van der Waals surface area contributed by atoms with Gasteiger partial charge in [0.25, 0.3) is 0 Å². The Bertz CT molecular complexity index is 320. The molecule has 1 fully saturated rings. The quantitative estimate of drug-likeness (QED) is 0.671. The van der Waals surface area contributed by atoms with Gasteiger partial charge < -0.3 is 0 Å². The van der Waals surface area contributed by atoms with E-state index in [2.05, 4.69) is 57.0 Å². The van der Waals surface area contributed by atoms with Crippen molar-refractivity contribution in [1.29, 1.82) is 0 Å². The zero-order chi connectivity index (χ0) is 10.5. The molecule has 15 heavy (non-hydrogen) atoms. The van der Waals surface area contributed by atoms with E-state index in [1.165, 1.54) is 37.7 Å². The third-order valence-electron chi connectivity index (χ3n) is 3.27. The fourth-order valence-electron chi connectivity index (χ4n) is 2.43. The van der Waals surface area contributed by atoms with Crippen molar-refractivity contribution in [1.82, 2.24) is 0 Å². The van der Waals surface area contributed by atoms with Crippen LogP contribution in [0.4, 0.5) is 0 Å². The molecular weight excluding hydrogens is 295 g/mol. The Balaban J connectivity index is 2.17. The van der Waals surface area contributed by atoms with Crippen molar-refractivity contribution >= 4 is 28.2 Å². The first-order chi connectivity index (χ1) is 7.42. The lowest BCUT2D eigenvalue weighted by Crippen LogP contribution is -2.08. The summed E-state index contributed by atoms with van der Waals surface area (Å²) in [5.74, 6) is 0.804. The first-order valence-electron chi connectivity index (χ1n) is 5.77. The van der Waals surface area contributed by atoms with Gasteiger partial charge in [-0.3, -0.25) is 0 Å². The van der Waals surface area contributed by atoms with Crippen molar-refractivity contribution in [2.45, 2.75) is 32.1 Å². The maximum absolute atomic E-state index is 2.39. The van der Waals surface area contributed by atoms with Crippen LogP contribution in [0, 0.1) is 5.92 Å². The van der Waals surface area contributed by atoms with E-state index in [9.17, 15) is 0 Å². The number of hydrogen-bond acceptors (Lipinski definition) is 0. The summed E-state index contributed by atoms with van der Waals surface area (Å²) in [7, 11) is 0. The standard InChI is InChI=1S/C14H17I/c15-11-14(12-7-3-1-4-8-12)13-9-5-2-6-10-13/h1,3-4,7-8,11,13H,2,5-6,9-10H2/b14-11+. The Labute approximate surface area is 106 Å². The maximum Gasteiger partial charge on any atom is -0.0152 e. The van der Waals surface area contributed by atoms with Crippen LogP contribution in [-0.4, -0.2) is 0 Å². The van der Waals surface area contributed by atoms with Gasteiger partial charge in [-0.15, -0.1) is 0 Å². The average molecular weight is 312 g/mol. The second-order valence-corrected chi connectivity index (χ2v) is 4.89. The van der Waals surface area contributed by atoms with Crippen LogP contribution in [0.15, 0.2) is 34.4 Å². The van der Waals surface area contributed by atoms with E-state index in [4.69, 9.17) is 0 Å². The molecule has 0 heterocycles. The molecule has 0 aromatic heterocycles. The molecule has 1 aliphatic rings. The van der Waals surface area contributed by atoms with Crippen molar-refractivity contribution in [2.75, 3.05) is 0 Å². The number of benzene rings is 1. The van der Waals surface area contributed by atoms with Crippen molar-refractivity contribution in [3.63, 3.8) is 0 Å². The smallest absolute Gasteiger partial charge is 0.0152 e. The molecule has 80 valence electrons. The van der Waals surface area contributed by atoms with Gasteiger partial charge in [0, 0.05) is 0 Å². The van der Waals surface area contributed by atoms with Gasteiger partial charge in [-0.25, -0.2) is 0 Å². The van der Waals surface area contributed by atoms with Crippen LogP contribution in [-0.2, 0) is 0 Å². The van der Waals surface area contributed by atoms with E-state index in [1.807, 2.05) is 0 Å². The highest BCUT2D eigenvalue weighted by Gasteiger charge is 2.18. The van der Waals surface area contributed by atoms with Crippen LogP contribution in [0.5, 0.6) is 0 Å². The van der Waals surface area contributed by atoms with Gasteiger partial charge in [0.2, 0.25) is 0 Å². The molecule has 0 radical (unpaired) electrons. The zero-order valence-corrected chi connectivity index (χ0v) is 11.1. The highest BCUT2D eigenvalue weighted by molar-refractivity contribution is 14.1. The zero-order valence-electron chi connectivity index (χ0n) is 8.95. The van der Waals surface area contributed by atoms with Crippen LogP contribution in [0.2, 0.25) is 0 Å². The van der Waals surface area contributed by atoms with Gasteiger partial charge in [-0.1, -0.05) is 72.2 Å². The Morgan fingerprint density at radius 3 is 2.33 bits per heavy atom. The highest BCUT2D eigenvalue weighted by atomic mass is 127. The molecule has 1 heteroatoms. The second-order valence-electron chi connectivity index (χ2n) is 4.27. The van der Waals surface area contributed by atoms with E-state index >= 15 is 0 Å². The SMILES string of the molecule is I/C=C(\c1ccccc1)C1CCCCC1. The van der Waals surface area contributed by atoms with Gasteiger partial charge in [0.15, 0.2) is 0 Å². The molecule has 0 nitrogen and oxygen atoms in total. The van der Waals surface area contributed by atoms with Gasteiger partial charge in [-0.05, 0) is 34.0 Å². The minimum atomic E-state index is 0.804. The predicted octanol–water partition coefficient (Wildman–Crippen LogP) is 5.04. The van der Waals surface area contributed by atoms with Crippen LogP contribution in [0.25, 0.3) is 5.57 Å². The highest BCUT2D eigenvalue weighted by Crippen LogP contribution is 2.35. The fraction of sp³-hybridized carbons (Fsp3) is 0.429. The van der Waals surface area contributed by atoms with Crippen LogP contribution in [0.3, 0.4) is 0 Å². The first kappa shape index (κ1) is 11.2. The topological polar surface area (TPSA) is 0 Å². The summed E-state index contributed by atoms with van der Waals surface area (Å²) >= 11 is 2.39. The molecule has 1 aromatic carbocycles. The Hall–Kier alpha value is -0.310. The number of hydrogen-bond donors (Lipinski definition) is 0. The Morgan fingerprint density at radius 2 is 1.73 bits per heavy atom. The van der Waals surface area contributed by atoms with Crippen molar-refractivity contribution in [3.05, 3.63) is 40.0 Å². The van der Waals surface area contributed by atoms with Crippen LogP contribution < -0.4 is 0 Å². The molecule has 1 aliphatic carbocycles. The summed E-state index contributed by atoms with van der Waals surface area (Å²) in [6.07, 6.45) is 7.00. The number of allylic oxidation sites excluding steroid dienone is 1. The molecule has 2 rings (SSSR count). The summed E-state index contributed by atoms with van der Waals surface area (Å²) in [5, 5.41) is 0. The Morgan fingerprint density at radius 1 is 1.07 bits per heavy atom. The van der Waals surface area contributed by atoms with E-state index < -0.39 is 0 Å². The summed E-state index contributed by atoms with van der Waals surface area (Å²) < 4.78 is 2.28. The van der Waals surface area contributed by atoms with Gasteiger partial charge >= 0.3 is 0 Å². The van der Waals surface area contributed by atoms with Crippen molar-refractivity contribution < 1.29 is 0 Å². The normalized spacial score (nSPS) is 19.1. The van der Waals surface area contributed by atoms with Crippen molar-refractivity contribution in [3.8, 4) is 0 Å². The second kappa shape index (κ2) is 5.69. The molecule has 1 saturated carbocycles. The van der Waals surface area contributed by atoms with Gasteiger partial charge in [0.05, 0.1) is 0 Å². The van der Waals surface area contributed by atoms with E-state index in [0.717, 1.165) is 5.92 Å². The minimum Gasteiger partial charge on any atom is -0.0622 e. The van der Waals surface area contributed by atoms with Crippen LogP contribution in [0.1, 0.15) is 37.7 Å². The summed E-state index contributed by atoms with van der Waals surface area (Å²) in [6.45, 7) is 0. The van der Waals surface area contributed by atoms with E-state index in [1.54, 1.807) is 5.57 Å². The number of rotatable bonds is 2. The van der Waals surface area contributed by atoms with Gasteiger partial charge in [0.1, 0.15) is 0 Å². The number of halogens is 1. The summed E-state index contributed by atoms with van der Waals surface area (Å²) in [4.78, 5) is 0. The van der Waals surface area contributed by atoms with Crippen LogP contribution >= 0.6 is 22.6 Å². The molecule has 1 aromatic rings. The third kappa shape index (κ3) is 2.83. The molecule has 0 atom stereocenters. The molecule has 0 unspecified atom stereocenters. The molecule has 0 N–H and O–H groups in total. The van der Waals surface area contributed by atoms with Gasteiger partial charge in [-0.2, -0.15) is 0 Å². The summed E-state index contributed by atoms with van der Waals surface area (Å²) in [6, 6.07) is 10.8. The minimum absolute atomic E-state index is 0.804. The van der Waals surface area contributed by atoms with E-state index in [-0.39, 0.29) is 0 Å². The van der Waals surface area contributed by atoms with Crippen molar-refractivity contribution in [2.24, 2.45) is 5.92 Å². The molecule has 0 spiro atoms. The van der Waals surface area contributed by atoms with E-state index in [0.29, 0.717) is 0 Å². The maximum atomic E-state index is 2.39. The predicted molar refractivity (Wildman–Crippen MR) is 75.0 cm³/mol.